The van der Waals surface area contributed by atoms with Crippen molar-refractivity contribution in [2.24, 2.45) is 0 Å². The number of carboxylic acid groups (broad SMARTS) is 1. The second-order valence-electron chi connectivity index (χ2n) is 4.99. The molecule has 2 N–H and O–H groups in total. The maximum Gasteiger partial charge on any atom is 0.333 e. The van der Waals surface area contributed by atoms with E-state index in [0.717, 1.165) is 16.3 Å². The van der Waals surface area contributed by atoms with Crippen molar-refractivity contribution in [1.82, 2.24) is 0 Å². The first-order valence-electron chi connectivity index (χ1n) is 5.83. The molecule has 0 bridgehead atoms. The molecule has 0 fully saturated rings. The van der Waals surface area contributed by atoms with E-state index in [1.165, 1.54) is 0 Å². The predicted molar refractivity (Wildman–Crippen MR) is 70.6 cm³/mol. The zero-order chi connectivity index (χ0) is 13.3. The summed E-state index contributed by atoms with van der Waals surface area (Å²) in [6, 6.07) is 13.5. The molecule has 0 saturated carbocycles. The molecule has 0 spiro atoms. The molecule has 0 heterocycles. The molecule has 0 radical (unpaired) electrons. The number of carbonyl (C=O) groups is 1. The van der Waals surface area contributed by atoms with Gasteiger partial charge in [-0.3, -0.25) is 0 Å². The van der Waals surface area contributed by atoms with Crippen LogP contribution in [0.25, 0.3) is 10.8 Å². The van der Waals surface area contributed by atoms with E-state index in [1.807, 2.05) is 42.5 Å². The molecule has 3 heteroatoms. The summed E-state index contributed by atoms with van der Waals surface area (Å²) in [5.41, 5.74) is 0.00248. The Bertz CT molecular complexity index is 582. The highest BCUT2D eigenvalue weighted by molar-refractivity contribution is 5.87. The monoisotopic (exact) mass is 244 g/mol. The summed E-state index contributed by atoms with van der Waals surface area (Å²) < 4.78 is 0. The zero-order valence-electron chi connectivity index (χ0n) is 10.4. The summed E-state index contributed by atoms with van der Waals surface area (Å²) in [7, 11) is 0. The Morgan fingerprint density at radius 2 is 1.72 bits per heavy atom. The number of rotatable bonds is 3. The first-order chi connectivity index (χ1) is 8.44. The summed E-state index contributed by atoms with van der Waals surface area (Å²) in [6.45, 7) is 3.49. The van der Waals surface area contributed by atoms with Gasteiger partial charge in [0.15, 0.2) is 6.10 Å². The molecule has 0 aromatic heterocycles. The van der Waals surface area contributed by atoms with Crippen LogP contribution >= 0.6 is 0 Å². The normalized spacial score (nSPS) is 13.5. The Kier molecular flexibility index (Phi) is 3.09. The number of benzene rings is 2. The second-order valence-corrected chi connectivity index (χ2v) is 4.99. The van der Waals surface area contributed by atoms with E-state index in [0.29, 0.717) is 0 Å². The Labute approximate surface area is 106 Å². The van der Waals surface area contributed by atoms with E-state index < -0.39 is 17.5 Å². The Balaban J connectivity index is 2.64. The fourth-order valence-electron chi connectivity index (χ4n) is 2.24. The fourth-order valence-corrected chi connectivity index (χ4v) is 2.24. The summed E-state index contributed by atoms with van der Waals surface area (Å²) in [5, 5.41) is 20.9. The zero-order valence-corrected chi connectivity index (χ0v) is 10.4. The largest absolute Gasteiger partial charge is 0.479 e. The minimum Gasteiger partial charge on any atom is -0.479 e. The molecule has 0 amide bonds. The molecule has 0 aliphatic carbocycles. The topological polar surface area (TPSA) is 57.5 Å². The highest BCUT2D eigenvalue weighted by Crippen LogP contribution is 2.33. The molecule has 0 saturated heterocycles. The van der Waals surface area contributed by atoms with Crippen molar-refractivity contribution in [2.45, 2.75) is 25.4 Å². The molecular formula is C15H16O3. The third-order valence-corrected chi connectivity index (χ3v) is 3.40. The molecule has 0 aliphatic rings. The van der Waals surface area contributed by atoms with Crippen LogP contribution in [0.15, 0.2) is 42.5 Å². The second kappa shape index (κ2) is 4.42. The van der Waals surface area contributed by atoms with Crippen LogP contribution in [0.1, 0.15) is 19.4 Å². The van der Waals surface area contributed by atoms with Crippen LogP contribution < -0.4 is 0 Å². The van der Waals surface area contributed by atoms with Gasteiger partial charge in [-0.1, -0.05) is 56.3 Å². The number of aliphatic hydroxyl groups excluding tert-OH is 1. The smallest absolute Gasteiger partial charge is 0.333 e. The minimum atomic E-state index is -1.43. The lowest BCUT2D eigenvalue weighted by atomic mass is 9.77. The SMILES string of the molecule is CC(C)(c1cccc2ccccc12)C(O)C(=O)O. The van der Waals surface area contributed by atoms with E-state index in [4.69, 9.17) is 5.11 Å². The first-order valence-corrected chi connectivity index (χ1v) is 5.83. The Morgan fingerprint density at radius 1 is 1.11 bits per heavy atom. The van der Waals surface area contributed by atoms with Crippen LogP contribution in [0.2, 0.25) is 0 Å². The van der Waals surface area contributed by atoms with Gasteiger partial charge in [-0.05, 0) is 16.3 Å². The van der Waals surface area contributed by atoms with Crippen molar-refractivity contribution in [2.75, 3.05) is 0 Å². The van der Waals surface area contributed by atoms with Crippen LogP contribution in [-0.4, -0.2) is 22.3 Å². The summed E-state index contributed by atoms with van der Waals surface area (Å²) in [4.78, 5) is 11.0. The van der Waals surface area contributed by atoms with E-state index >= 15 is 0 Å². The van der Waals surface area contributed by atoms with Gasteiger partial charge in [0.1, 0.15) is 0 Å². The number of fused-ring (bicyclic) bond motifs is 1. The average molecular weight is 244 g/mol. The lowest BCUT2D eigenvalue weighted by Gasteiger charge is -2.29. The minimum absolute atomic E-state index is 0.841. The maximum absolute atomic E-state index is 11.0. The van der Waals surface area contributed by atoms with Gasteiger partial charge in [-0.2, -0.15) is 0 Å². The Morgan fingerprint density at radius 3 is 2.39 bits per heavy atom. The molecule has 1 atom stereocenters. The van der Waals surface area contributed by atoms with Gasteiger partial charge in [-0.15, -0.1) is 0 Å². The standard InChI is InChI=1S/C15H16O3/c1-15(2,13(16)14(17)18)12-9-5-7-10-6-3-4-8-11(10)12/h3-9,13,16H,1-2H3,(H,17,18). The van der Waals surface area contributed by atoms with Gasteiger partial charge in [0.05, 0.1) is 0 Å². The van der Waals surface area contributed by atoms with Gasteiger partial charge in [-0.25, -0.2) is 4.79 Å². The Hall–Kier alpha value is -1.87. The molecule has 3 nitrogen and oxygen atoms in total. The van der Waals surface area contributed by atoms with Crippen molar-refractivity contribution in [3.8, 4) is 0 Å². The molecule has 2 aromatic carbocycles. The van der Waals surface area contributed by atoms with Crippen molar-refractivity contribution < 1.29 is 15.0 Å². The third-order valence-electron chi connectivity index (χ3n) is 3.40. The summed E-state index contributed by atoms with van der Waals surface area (Å²) in [6.07, 6.45) is -1.43. The fraction of sp³-hybridized carbons (Fsp3) is 0.267. The number of carboxylic acids is 1. The predicted octanol–water partition coefficient (Wildman–Crippen LogP) is 2.56. The van der Waals surface area contributed by atoms with Gasteiger partial charge in [0.25, 0.3) is 0 Å². The van der Waals surface area contributed by atoms with E-state index in [1.54, 1.807) is 13.8 Å². The van der Waals surface area contributed by atoms with Crippen molar-refractivity contribution in [1.29, 1.82) is 0 Å². The lowest BCUT2D eigenvalue weighted by molar-refractivity contribution is -0.150. The molecule has 18 heavy (non-hydrogen) atoms. The van der Waals surface area contributed by atoms with Gasteiger partial charge >= 0.3 is 5.97 Å². The van der Waals surface area contributed by atoms with Crippen molar-refractivity contribution >= 4 is 16.7 Å². The van der Waals surface area contributed by atoms with Crippen molar-refractivity contribution in [3.63, 3.8) is 0 Å². The lowest BCUT2D eigenvalue weighted by Crippen LogP contribution is -2.39. The maximum atomic E-state index is 11.0. The highest BCUT2D eigenvalue weighted by Gasteiger charge is 2.36. The van der Waals surface area contributed by atoms with E-state index in [9.17, 15) is 9.90 Å². The number of hydrogen-bond acceptors (Lipinski definition) is 2. The van der Waals surface area contributed by atoms with Gasteiger partial charge < -0.3 is 10.2 Å². The van der Waals surface area contributed by atoms with Gasteiger partial charge in [0.2, 0.25) is 0 Å². The van der Waals surface area contributed by atoms with E-state index in [-0.39, 0.29) is 0 Å². The molecule has 94 valence electrons. The van der Waals surface area contributed by atoms with E-state index in [2.05, 4.69) is 0 Å². The molecular weight excluding hydrogens is 228 g/mol. The van der Waals surface area contributed by atoms with Crippen LogP contribution in [0.4, 0.5) is 0 Å². The third kappa shape index (κ3) is 1.97. The van der Waals surface area contributed by atoms with Gasteiger partial charge in [0, 0.05) is 5.41 Å². The van der Waals surface area contributed by atoms with Crippen LogP contribution in [0.5, 0.6) is 0 Å². The summed E-state index contributed by atoms with van der Waals surface area (Å²) in [5.74, 6) is -1.20. The molecule has 1 unspecified atom stereocenters. The first kappa shape index (κ1) is 12.6. The summed E-state index contributed by atoms with van der Waals surface area (Å²) >= 11 is 0. The quantitative estimate of drug-likeness (QED) is 0.872. The van der Waals surface area contributed by atoms with Crippen LogP contribution in [0, 0.1) is 0 Å². The molecule has 2 aromatic rings. The number of aliphatic hydroxyl groups is 1. The highest BCUT2D eigenvalue weighted by atomic mass is 16.4. The molecule has 2 rings (SSSR count). The number of aliphatic carboxylic acids is 1. The van der Waals surface area contributed by atoms with Crippen LogP contribution in [0.3, 0.4) is 0 Å². The van der Waals surface area contributed by atoms with Crippen LogP contribution in [-0.2, 0) is 10.2 Å². The molecule has 0 aliphatic heterocycles. The number of hydrogen-bond donors (Lipinski definition) is 2. The van der Waals surface area contributed by atoms with Crippen molar-refractivity contribution in [3.05, 3.63) is 48.0 Å². The average Bonchev–Trinajstić information content (AvgIpc) is 2.36.